The van der Waals surface area contributed by atoms with Gasteiger partial charge in [-0.05, 0) is 41.7 Å². The Hall–Kier alpha value is -3.55. The minimum atomic E-state index is -0.648. The quantitative estimate of drug-likeness (QED) is 0.396. The number of hydrogen-bond donors (Lipinski definition) is 1. The van der Waals surface area contributed by atoms with Crippen molar-refractivity contribution in [1.82, 2.24) is 10.2 Å². The Morgan fingerprint density at radius 1 is 1.03 bits per heavy atom. The first-order valence-corrected chi connectivity index (χ1v) is 12.5. The molecule has 0 saturated carbocycles. The minimum Gasteiger partial charge on any atom is -0.442 e. The third-order valence-corrected chi connectivity index (χ3v) is 7.06. The van der Waals surface area contributed by atoms with Gasteiger partial charge in [-0.2, -0.15) is 0 Å². The summed E-state index contributed by atoms with van der Waals surface area (Å²) in [6.07, 6.45) is 1.45. The number of carbonyl (C=O) groups excluding carboxylic acids is 1. The maximum atomic E-state index is 13.9. The lowest BCUT2D eigenvalue weighted by Gasteiger charge is -2.37. The number of nitrogens with zero attached hydrogens (tertiary/aromatic N) is 1. The highest BCUT2D eigenvalue weighted by atomic mass is 19.1. The molecule has 5 rings (SSSR count). The molecule has 7 heteroatoms. The Kier molecular flexibility index (Phi) is 7.63. The van der Waals surface area contributed by atoms with Crippen LogP contribution in [0.3, 0.4) is 0 Å². The first-order valence-electron chi connectivity index (χ1n) is 12.5. The van der Waals surface area contributed by atoms with E-state index >= 15 is 0 Å². The standard InChI is InChI=1S/C30H30F2N2O3/c1-2-13-36-25-18-27(29-26(33-30(35)37-29)16-20-14-23(31)17-24(32)15-20)34(19-25)28(21-9-5-3-6-10-21)22-11-7-4-8-12-22/h2-12,14-15,17,25-29H,1,13,16,18-19H2,(H,33,35)/t25-,26+,27-,29+/m1/s1. The fourth-order valence-electron chi connectivity index (χ4n) is 5.61. The van der Waals surface area contributed by atoms with Crippen molar-refractivity contribution in [2.24, 2.45) is 0 Å². The van der Waals surface area contributed by atoms with Gasteiger partial charge in [0.15, 0.2) is 0 Å². The second-order valence-corrected chi connectivity index (χ2v) is 9.57. The molecule has 1 N–H and O–H groups in total. The first-order chi connectivity index (χ1) is 18.0. The summed E-state index contributed by atoms with van der Waals surface area (Å²) in [5, 5.41) is 2.88. The lowest BCUT2D eigenvalue weighted by Crippen LogP contribution is -2.48. The van der Waals surface area contributed by atoms with Crippen LogP contribution in [0.15, 0.2) is 91.5 Å². The summed E-state index contributed by atoms with van der Waals surface area (Å²) in [6.45, 7) is 4.82. The molecule has 2 heterocycles. The zero-order valence-electron chi connectivity index (χ0n) is 20.4. The molecule has 3 aromatic rings. The summed E-state index contributed by atoms with van der Waals surface area (Å²) in [5.74, 6) is -1.30. The first kappa shape index (κ1) is 25.1. The third-order valence-electron chi connectivity index (χ3n) is 7.06. The lowest BCUT2D eigenvalue weighted by atomic mass is 9.92. The van der Waals surface area contributed by atoms with Crippen LogP contribution in [0, 0.1) is 11.6 Å². The second kappa shape index (κ2) is 11.2. The van der Waals surface area contributed by atoms with Gasteiger partial charge in [-0.15, -0.1) is 6.58 Å². The van der Waals surface area contributed by atoms with Gasteiger partial charge in [0.05, 0.1) is 30.8 Å². The number of carbonyl (C=O) groups is 1. The average Bonchev–Trinajstić information content (AvgIpc) is 3.46. The Morgan fingerprint density at radius 3 is 2.24 bits per heavy atom. The maximum absolute atomic E-state index is 13.9. The maximum Gasteiger partial charge on any atom is 0.407 e. The Bertz CT molecular complexity index is 1160. The SMILES string of the molecule is C=CCO[C@@H]1C[C@H]([C@H]2OC(=O)N[C@H]2Cc2cc(F)cc(F)c2)N(C(c2ccccc2)c2ccccc2)C1. The molecule has 2 fully saturated rings. The number of likely N-dealkylation sites (tertiary alicyclic amines) is 1. The number of amides is 1. The molecule has 3 aromatic carbocycles. The third kappa shape index (κ3) is 5.73. The summed E-state index contributed by atoms with van der Waals surface area (Å²) < 4.78 is 39.7. The van der Waals surface area contributed by atoms with E-state index in [1.165, 1.54) is 12.1 Å². The Balaban J connectivity index is 1.50. The zero-order chi connectivity index (χ0) is 25.8. The van der Waals surface area contributed by atoms with Gasteiger partial charge in [0.1, 0.15) is 17.7 Å². The van der Waals surface area contributed by atoms with Crippen molar-refractivity contribution in [2.45, 2.75) is 43.2 Å². The number of nitrogens with one attached hydrogen (secondary N) is 1. The van der Waals surface area contributed by atoms with Gasteiger partial charge < -0.3 is 14.8 Å². The summed E-state index contributed by atoms with van der Waals surface area (Å²) >= 11 is 0. The zero-order valence-corrected chi connectivity index (χ0v) is 20.4. The van der Waals surface area contributed by atoms with Crippen molar-refractivity contribution in [3.8, 4) is 0 Å². The van der Waals surface area contributed by atoms with Crippen LogP contribution in [0.1, 0.15) is 29.2 Å². The number of hydrogen-bond acceptors (Lipinski definition) is 4. The fraction of sp³-hybridized carbons (Fsp3) is 0.300. The van der Waals surface area contributed by atoms with Crippen molar-refractivity contribution < 1.29 is 23.0 Å². The summed E-state index contributed by atoms with van der Waals surface area (Å²) in [5.41, 5.74) is 2.69. The number of cyclic esters (lactones) is 1. The molecule has 2 aliphatic heterocycles. The highest BCUT2D eigenvalue weighted by Gasteiger charge is 2.49. The second-order valence-electron chi connectivity index (χ2n) is 9.57. The van der Waals surface area contributed by atoms with Gasteiger partial charge in [0, 0.05) is 12.6 Å². The van der Waals surface area contributed by atoms with Gasteiger partial charge >= 0.3 is 6.09 Å². The van der Waals surface area contributed by atoms with Gasteiger partial charge in [-0.1, -0.05) is 66.7 Å². The number of alkyl carbamates (subject to hydrolysis) is 1. The van der Waals surface area contributed by atoms with Gasteiger partial charge in [0.25, 0.3) is 0 Å². The Labute approximate surface area is 215 Å². The van der Waals surface area contributed by atoms with Gasteiger partial charge in [0.2, 0.25) is 0 Å². The van der Waals surface area contributed by atoms with Crippen molar-refractivity contribution in [3.05, 3.63) is 120 Å². The van der Waals surface area contributed by atoms with E-state index in [2.05, 4.69) is 41.1 Å². The van der Waals surface area contributed by atoms with Crippen LogP contribution in [0.4, 0.5) is 13.6 Å². The van der Waals surface area contributed by atoms with E-state index < -0.39 is 29.9 Å². The molecule has 2 saturated heterocycles. The monoisotopic (exact) mass is 504 g/mol. The lowest BCUT2D eigenvalue weighted by molar-refractivity contribution is 0.0529. The highest BCUT2D eigenvalue weighted by molar-refractivity contribution is 5.70. The summed E-state index contributed by atoms with van der Waals surface area (Å²) in [7, 11) is 0. The van der Waals surface area contributed by atoms with Crippen LogP contribution < -0.4 is 5.32 Å². The molecule has 4 atom stereocenters. The van der Waals surface area contributed by atoms with Crippen LogP contribution in [0.25, 0.3) is 0 Å². The molecule has 1 amide bonds. The van der Waals surface area contributed by atoms with Crippen LogP contribution >= 0.6 is 0 Å². The number of rotatable bonds is 9. The predicted molar refractivity (Wildman–Crippen MR) is 137 cm³/mol. The number of ether oxygens (including phenoxy) is 2. The van der Waals surface area contributed by atoms with Crippen LogP contribution in [0.5, 0.6) is 0 Å². The minimum absolute atomic E-state index is 0.0931. The van der Waals surface area contributed by atoms with Gasteiger partial charge in [-0.3, -0.25) is 4.90 Å². The van der Waals surface area contributed by atoms with Crippen molar-refractivity contribution in [1.29, 1.82) is 0 Å². The van der Waals surface area contributed by atoms with Crippen molar-refractivity contribution in [2.75, 3.05) is 13.2 Å². The average molecular weight is 505 g/mol. The molecular weight excluding hydrogens is 474 g/mol. The van der Waals surface area contributed by atoms with E-state index in [4.69, 9.17) is 9.47 Å². The van der Waals surface area contributed by atoms with E-state index in [0.29, 0.717) is 25.1 Å². The molecule has 0 bridgehead atoms. The van der Waals surface area contributed by atoms with E-state index in [-0.39, 0.29) is 24.6 Å². The van der Waals surface area contributed by atoms with Crippen LogP contribution in [-0.2, 0) is 15.9 Å². The van der Waals surface area contributed by atoms with Crippen molar-refractivity contribution >= 4 is 6.09 Å². The highest BCUT2D eigenvalue weighted by Crippen LogP contribution is 2.39. The number of benzene rings is 3. The normalized spacial score (nSPS) is 23.7. The molecule has 0 radical (unpaired) electrons. The van der Waals surface area contributed by atoms with Crippen LogP contribution in [-0.4, -0.2) is 48.4 Å². The molecule has 0 unspecified atom stereocenters. The smallest absolute Gasteiger partial charge is 0.407 e. The molecule has 2 aliphatic rings. The largest absolute Gasteiger partial charge is 0.442 e. The topological polar surface area (TPSA) is 50.8 Å². The molecule has 0 aliphatic carbocycles. The summed E-state index contributed by atoms with van der Waals surface area (Å²) in [4.78, 5) is 14.8. The van der Waals surface area contributed by atoms with Crippen LogP contribution in [0.2, 0.25) is 0 Å². The van der Waals surface area contributed by atoms with E-state index in [9.17, 15) is 13.6 Å². The van der Waals surface area contributed by atoms with E-state index in [0.717, 1.165) is 17.2 Å². The summed E-state index contributed by atoms with van der Waals surface area (Å²) in [6, 6.07) is 23.1. The Morgan fingerprint density at radius 2 is 1.65 bits per heavy atom. The van der Waals surface area contributed by atoms with Crippen molar-refractivity contribution in [3.63, 3.8) is 0 Å². The fourth-order valence-corrected chi connectivity index (χ4v) is 5.61. The molecule has 0 aromatic heterocycles. The molecule has 192 valence electrons. The van der Waals surface area contributed by atoms with E-state index in [1.807, 2.05) is 36.4 Å². The molecule has 0 spiro atoms. The molecule has 37 heavy (non-hydrogen) atoms. The molecular formula is C30H30F2N2O3. The number of halogens is 2. The molecule has 5 nitrogen and oxygen atoms in total. The van der Waals surface area contributed by atoms with E-state index in [1.54, 1.807) is 6.08 Å². The van der Waals surface area contributed by atoms with Gasteiger partial charge in [-0.25, -0.2) is 13.6 Å². The predicted octanol–water partition coefficient (Wildman–Crippen LogP) is 5.42.